The predicted molar refractivity (Wildman–Crippen MR) is 89.8 cm³/mol. The largest absolute Gasteiger partial charge is 0.491 e. The molecule has 4 nitrogen and oxygen atoms in total. The summed E-state index contributed by atoms with van der Waals surface area (Å²) in [4.78, 5) is 0. The number of hydrogen-bond donors (Lipinski definition) is 1. The van der Waals surface area contributed by atoms with Crippen LogP contribution in [-0.2, 0) is 10.0 Å². The highest BCUT2D eigenvalue weighted by Gasteiger charge is 2.17. The zero-order valence-corrected chi connectivity index (χ0v) is 15.1. The first-order valence-corrected chi connectivity index (χ1v) is 9.42. The molecule has 0 amide bonds. The highest BCUT2D eigenvalue weighted by atomic mass is 79.9. The van der Waals surface area contributed by atoms with Gasteiger partial charge in [0, 0.05) is 0 Å². The van der Waals surface area contributed by atoms with Gasteiger partial charge in [-0.2, -0.15) is 0 Å². The van der Waals surface area contributed by atoms with Crippen LogP contribution in [0.3, 0.4) is 0 Å². The summed E-state index contributed by atoms with van der Waals surface area (Å²) in [6.07, 6.45) is 0.0791. The fraction of sp³-hybridized carbons (Fsp3) is 0.286. The summed E-state index contributed by atoms with van der Waals surface area (Å²) in [5.74, 6) is 0.726. The van der Waals surface area contributed by atoms with E-state index in [0.29, 0.717) is 5.69 Å². The second-order valence-electron chi connectivity index (χ2n) is 4.81. The molecule has 0 atom stereocenters. The fourth-order valence-corrected chi connectivity index (χ4v) is 4.87. The Bertz CT molecular complexity index is 738. The summed E-state index contributed by atoms with van der Waals surface area (Å²) < 4.78 is 33.8. The molecular weight excluding hydrogens is 374 g/mol. The van der Waals surface area contributed by atoms with Gasteiger partial charge in [0.25, 0.3) is 10.0 Å². The number of aryl methyl sites for hydroxylation is 1. The molecule has 1 heterocycles. The number of hydrogen-bond acceptors (Lipinski definition) is 4. The van der Waals surface area contributed by atoms with E-state index in [2.05, 4.69) is 20.7 Å². The van der Waals surface area contributed by atoms with E-state index < -0.39 is 10.0 Å². The smallest absolute Gasteiger partial charge is 0.271 e. The second-order valence-corrected chi connectivity index (χ2v) is 9.18. The van der Waals surface area contributed by atoms with E-state index in [-0.39, 0.29) is 10.3 Å². The van der Waals surface area contributed by atoms with Crippen LogP contribution in [0.15, 0.2) is 38.3 Å². The van der Waals surface area contributed by atoms with Crippen molar-refractivity contribution < 1.29 is 13.2 Å². The standard InChI is InChI=1S/C14H16BrNO3S2/c1-9(2)19-11-4-5-12(10(3)8-11)16-21(17,18)14-7-6-13(15)20-14/h4-9,16H,1-3H3. The maximum Gasteiger partial charge on any atom is 0.271 e. The summed E-state index contributed by atoms with van der Waals surface area (Å²) in [7, 11) is -3.55. The first-order chi connectivity index (χ1) is 9.78. The Morgan fingerprint density at radius 3 is 2.48 bits per heavy atom. The van der Waals surface area contributed by atoms with Gasteiger partial charge in [0.05, 0.1) is 15.6 Å². The van der Waals surface area contributed by atoms with Gasteiger partial charge >= 0.3 is 0 Å². The van der Waals surface area contributed by atoms with Gasteiger partial charge < -0.3 is 4.74 Å². The third-order valence-electron chi connectivity index (χ3n) is 2.63. The number of sulfonamides is 1. The van der Waals surface area contributed by atoms with Crippen molar-refractivity contribution in [2.75, 3.05) is 4.72 Å². The van der Waals surface area contributed by atoms with Crippen molar-refractivity contribution in [3.63, 3.8) is 0 Å². The molecule has 1 aromatic carbocycles. The van der Waals surface area contributed by atoms with Crippen molar-refractivity contribution in [2.45, 2.75) is 31.1 Å². The van der Waals surface area contributed by atoms with E-state index in [9.17, 15) is 8.42 Å². The predicted octanol–water partition coefficient (Wildman–Crippen LogP) is 4.41. The minimum Gasteiger partial charge on any atom is -0.491 e. The number of ether oxygens (including phenoxy) is 1. The number of anilines is 1. The average Bonchev–Trinajstić information content (AvgIpc) is 2.79. The highest BCUT2D eigenvalue weighted by Crippen LogP contribution is 2.29. The molecular formula is C14H16BrNO3S2. The van der Waals surface area contributed by atoms with E-state index in [1.165, 1.54) is 11.3 Å². The third-order valence-corrected chi connectivity index (χ3v) is 6.11. The van der Waals surface area contributed by atoms with E-state index in [1.54, 1.807) is 24.3 Å². The molecule has 7 heteroatoms. The molecule has 1 aromatic heterocycles. The minimum atomic E-state index is -3.55. The Kier molecular flexibility index (Phi) is 4.95. The van der Waals surface area contributed by atoms with E-state index >= 15 is 0 Å². The fourth-order valence-electron chi connectivity index (χ4n) is 1.73. The van der Waals surface area contributed by atoms with Gasteiger partial charge in [-0.1, -0.05) is 0 Å². The van der Waals surface area contributed by atoms with Crippen LogP contribution < -0.4 is 9.46 Å². The summed E-state index contributed by atoms with van der Waals surface area (Å²) in [5.41, 5.74) is 1.36. The van der Waals surface area contributed by atoms with Gasteiger partial charge in [-0.15, -0.1) is 11.3 Å². The summed E-state index contributed by atoms with van der Waals surface area (Å²) >= 11 is 4.44. The molecule has 2 rings (SSSR count). The quantitative estimate of drug-likeness (QED) is 0.823. The van der Waals surface area contributed by atoms with Gasteiger partial charge in [0.1, 0.15) is 9.96 Å². The Hall–Kier alpha value is -1.05. The first kappa shape index (κ1) is 16.3. The van der Waals surface area contributed by atoms with Gasteiger partial charge in [-0.25, -0.2) is 8.42 Å². The van der Waals surface area contributed by atoms with Crippen molar-refractivity contribution in [2.24, 2.45) is 0 Å². The zero-order valence-electron chi connectivity index (χ0n) is 11.9. The third kappa shape index (κ3) is 4.21. The molecule has 0 fully saturated rings. The van der Waals surface area contributed by atoms with Gasteiger partial charge in [-0.05, 0) is 72.6 Å². The summed E-state index contributed by atoms with van der Waals surface area (Å²) in [6.45, 7) is 5.73. The molecule has 0 saturated heterocycles. The maximum atomic E-state index is 12.3. The average molecular weight is 390 g/mol. The first-order valence-electron chi connectivity index (χ1n) is 6.33. The van der Waals surface area contributed by atoms with Gasteiger partial charge in [0.2, 0.25) is 0 Å². The lowest BCUT2D eigenvalue weighted by atomic mass is 10.2. The Morgan fingerprint density at radius 1 is 1.24 bits per heavy atom. The van der Waals surface area contributed by atoms with E-state index in [0.717, 1.165) is 15.1 Å². The molecule has 0 bridgehead atoms. The Balaban J connectivity index is 2.23. The molecule has 0 aliphatic rings. The van der Waals surface area contributed by atoms with Crippen LogP contribution in [0.2, 0.25) is 0 Å². The molecule has 2 aromatic rings. The summed E-state index contributed by atoms with van der Waals surface area (Å²) in [5, 5.41) is 0. The van der Waals surface area contributed by atoms with Crippen LogP contribution in [0.1, 0.15) is 19.4 Å². The number of benzene rings is 1. The molecule has 0 aliphatic carbocycles. The molecule has 114 valence electrons. The van der Waals surface area contributed by atoms with Crippen LogP contribution in [0.25, 0.3) is 0 Å². The Labute approximate surface area is 137 Å². The molecule has 0 aliphatic heterocycles. The van der Waals surface area contributed by atoms with Crippen LogP contribution in [0.4, 0.5) is 5.69 Å². The van der Waals surface area contributed by atoms with Crippen LogP contribution in [0, 0.1) is 6.92 Å². The maximum absolute atomic E-state index is 12.3. The van der Waals surface area contributed by atoms with E-state index in [1.807, 2.05) is 26.8 Å². The Morgan fingerprint density at radius 2 is 1.95 bits per heavy atom. The highest BCUT2D eigenvalue weighted by molar-refractivity contribution is 9.11. The summed E-state index contributed by atoms with van der Waals surface area (Å²) in [6, 6.07) is 8.58. The number of rotatable bonds is 5. The number of halogens is 1. The van der Waals surface area contributed by atoms with Crippen molar-refractivity contribution >= 4 is 43.0 Å². The van der Waals surface area contributed by atoms with Crippen LogP contribution >= 0.6 is 27.3 Å². The molecule has 1 N–H and O–H groups in total. The van der Waals surface area contributed by atoms with E-state index in [4.69, 9.17) is 4.74 Å². The normalized spacial score (nSPS) is 11.7. The van der Waals surface area contributed by atoms with Crippen molar-refractivity contribution in [1.29, 1.82) is 0 Å². The minimum absolute atomic E-state index is 0.0791. The van der Waals surface area contributed by atoms with Gasteiger partial charge in [0.15, 0.2) is 0 Å². The molecule has 0 spiro atoms. The van der Waals surface area contributed by atoms with Crippen LogP contribution in [-0.4, -0.2) is 14.5 Å². The second kappa shape index (κ2) is 6.37. The molecule has 0 unspecified atom stereocenters. The zero-order chi connectivity index (χ0) is 15.6. The van der Waals surface area contributed by atoms with Crippen LogP contribution in [0.5, 0.6) is 5.75 Å². The number of nitrogens with one attached hydrogen (secondary N) is 1. The lowest BCUT2D eigenvalue weighted by Crippen LogP contribution is -2.12. The molecule has 0 radical (unpaired) electrons. The molecule has 21 heavy (non-hydrogen) atoms. The lowest BCUT2D eigenvalue weighted by Gasteiger charge is -2.13. The lowest BCUT2D eigenvalue weighted by molar-refractivity contribution is 0.242. The monoisotopic (exact) mass is 389 g/mol. The topological polar surface area (TPSA) is 55.4 Å². The SMILES string of the molecule is Cc1cc(OC(C)C)ccc1NS(=O)(=O)c1ccc(Br)s1. The van der Waals surface area contributed by atoms with Crippen molar-refractivity contribution in [3.05, 3.63) is 39.7 Å². The van der Waals surface area contributed by atoms with Crippen molar-refractivity contribution in [1.82, 2.24) is 0 Å². The number of thiophene rings is 1. The van der Waals surface area contributed by atoms with Gasteiger partial charge in [-0.3, -0.25) is 4.72 Å². The molecule has 0 saturated carbocycles. The van der Waals surface area contributed by atoms with Crippen molar-refractivity contribution in [3.8, 4) is 5.75 Å².